The van der Waals surface area contributed by atoms with E-state index in [0.717, 1.165) is 69.6 Å². The summed E-state index contributed by atoms with van der Waals surface area (Å²) < 4.78 is 16.7. The van der Waals surface area contributed by atoms with Crippen molar-refractivity contribution in [3.05, 3.63) is 0 Å². The van der Waals surface area contributed by atoms with Crippen molar-refractivity contribution in [2.45, 2.75) is 246 Å². The molecular weight excluding hydrogens is 636 g/mol. The van der Waals surface area contributed by atoms with Crippen LogP contribution in [0.3, 0.4) is 0 Å². The molecule has 0 saturated heterocycles. The Morgan fingerprint density at radius 1 is 0.412 bits per heavy atom. The van der Waals surface area contributed by atoms with Gasteiger partial charge in [-0.15, -0.1) is 0 Å². The molecule has 0 radical (unpaired) electrons. The molecule has 0 aromatic carbocycles. The average molecular weight is 723 g/mol. The molecule has 0 amide bonds. The summed E-state index contributed by atoms with van der Waals surface area (Å²) in [5.41, 5.74) is 0. The normalized spacial score (nSPS) is 12.6. The number of unbranched alkanes of at least 4 members (excludes halogenated alkanes) is 23. The Labute approximate surface area is 317 Å². The Morgan fingerprint density at radius 2 is 0.745 bits per heavy atom. The third kappa shape index (κ3) is 38.0. The van der Waals surface area contributed by atoms with E-state index in [2.05, 4.69) is 34.6 Å². The fraction of sp³-hybridized carbons (Fsp3) is 0.933. The summed E-state index contributed by atoms with van der Waals surface area (Å²) in [4.78, 5) is 37.6. The first-order valence-corrected chi connectivity index (χ1v) is 22.3. The van der Waals surface area contributed by atoms with E-state index in [-0.39, 0.29) is 31.1 Å². The predicted octanol–water partition coefficient (Wildman–Crippen LogP) is 13.8. The van der Waals surface area contributed by atoms with E-state index in [1.165, 1.54) is 128 Å². The number of hydrogen-bond acceptors (Lipinski definition) is 6. The molecule has 0 aromatic heterocycles. The highest BCUT2D eigenvalue weighted by Gasteiger charge is 2.19. The van der Waals surface area contributed by atoms with Gasteiger partial charge in [0.05, 0.1) is 0 Å². The van der Waals surface area contributed by atoms with Gasteiger partial charge in [0.2, 0.25) is 0 Å². The minimum absolute atomic E-state index is 0.0665. The summed E-state index contributed by atoms with van der Waals surface area (Å²) >= 11 is 0. The quantitative estimate of drug-likeness (QED) is 0.0357. The van der Waals surface area contributed by atoms with Gasteiger partial charge in [0.15, 0.2) is 6.10 Å². The van der Waals surface area contributed by atoms with Crippen LogP contribution in [0.1, 0.15) is 240 Å². The highest BCUT2D eigenvalue weighted by molar-refractivity contribution is 5.71. The second kappa shape index (κ2) is 38.1. The molecule has 0 aromatic rings. The third-order valence-corrected chi connectivity index (χ3v) is 10.3. The fourth-order valence-corrected chi connectivity index (χ4v) is 6.54. The second-order valence-electron chi connectivity index (χ2n) is 16.1. The summed E-state index contributed by atoms with van der Waals surface area (Å²) in [7, 11) is 0. The highest BCUT2D eigenvalue weighted by Crippen LogP contribution is 2.17. The Hall–Kier alpha value is -1.59. The molecule has 0 spiro atoms. The van der Waals surface area contributed by atoms with E-state index in [4.69, 9.17) is 14.2 Å². The van der Waals surface area contributed by atoms with E-state index in [9.17, 15) is 14.4 Å². The highest BCUT2D eigenvalue weighted by atomic mass is 16.6. The number of carbonyl (C=O) groups excluding carboxylic acids is 3. The number of hydrogen-bond donors (Lipinski definition) is 0. The van der Waals surface area contributed by atoms with E-state index < -0.39 is 6.10 Å². The Bertz CT molecular complexity index is 781. The molecule has 6 heteroatoms. The average Bonchev–Trinajstić information content (AvgIpc) is 3.11. The van der Waals surface area contributed by atoms with Gasteiger partial charge in [0.1, 0.15) is 13.2 Å². The lowest BCUT2D eigenvalue weighted by molar-refractivity contribution is -0.167. The molecule has 0 aliphatic rings. The van der Waals surface area contributed by atoms with Gasteiger partial charge in [-0.3, -0.25) is 14.4 Å². The summed E-state index contributed by atoms with van der Waals surface area (Å²) in [5, 5.41) is 0. The van der Waals surface area contributed by atoms with Crippen LogP contribution >= 0.6 is 0 Å². The fourth-order valence-electron chi connectivity index (χ4n) is 6.54. The number of rotatable bonds is 39. The van der Waals surface area contributed by atoms with Crippen molar-refractivity contribution in [2.24, 2.45) is 11.8 Å². The lowest BCUT2D eigenvalue weighted by Gasteiger charge is -2.18. The van der Waals surface area contributed by atoms with Gasteiger partial charge in [0.25, 0.3) is 0 Å². The van der Waals surface area contributed by atoms with Crippen molar-refractivity contribution in [2.75, 3.05) is 13.2 Å². The molecule has 0 rings (SSSR count). The van der Waals surface area contributed by atoms with Crippen LogP contribution in [0.15, 0.2) is 0 Å². The molecule has 0 bridgehead atoms. The zero-order valence-corrected chi connectivity index (χ0v) is 34.7. The lowest BCUT2D eigenvalue weighted by atomic mass is 10.00. The summed E-state index contributed by atoms with van der Waals surface area (Å²) in [6, 6.07) is 0. The summed E-state index contributed by atoms with van der Waals surface area (Å²) in [6.07, 6.45) is 35.3. The van der Waals surface area contributed by atoms with Crippen molar-refractivity contribution in [1.82, 2.24) is 0 Å². The molecule has 0 aliphatic carbocycles. The van der Waals surface area contributed by atoms with Gasteiger partial charge < -0.3 is 14.2 Å². The zero-order chi connectivity index (χ0) is 37.6. The molecule has 2 atom stereocenters. The van der Waals surface area contributed by atoms with Gasteiger partial charge in [-0.05, 0) is 31.1 Å². The van der Waals surface area contributed by atoms with Crippen molar-refractivity contribution in [3.63, 3.8) is 0 Å². The molecule has 0 aliphatic heterocycles. The molecule has 0 saturated carbocycles. The van der Waals surface area contributed by atoms with Crippen LogP contribution in [0.2, 0.25) is 0 Å². The molecule has 51 heavy (non-hydrogen) atoms. The molecular formula is C45H86O6. The van der Waals surface area contributed by atoms with Gasteiger partial charge in [-0.25, -0.2) is 0 Å². The molecule has 0 N–H and O–H groups in total. The first-order valence-electron chi connectivity index (χ1n) is 22.3. The van der Waals surface area contributed by atoms with E-state index >= 15 is 0 Å². The van der Waals surface area contributed by atoms with Crippen molar-refractivity contribution in [3.8, 4) is 0 Å². The van der Waals surface area contributed by atoms with E-state index in [1.54, 1.807) is 0 Å². The molecule has 302 valence electrons. The first kappa shape index (κ1) is 49.4. The smallest absolute Gasteiger partial charge is 0.306 e. The number of esters is 3. The summed E-state index contributed by atoms with van der Waals surface area (Å²) in [5.74, 6) is 0.707. The Balaban J connectivity index is 4.32. The molecule has 0 heterocycles. The number of carbonyl (C=O) groups is 3. The van der Waals surface area contributed by atoms with Crippen LogP contribution in [0.4, 0.5) is 0 Å². The van der Waals surface area contributed by atoms with Crippen LogP contribution in [-0.4, -0.2) is 37.2 Å². The van der Waals surface area contributed by atoms with Gasteiger partial charge in [0, 0.05) is 19.3 Å². The first-order chi connectivity index (χ1) is 24.8. The lowest BCUT2D eigenvalue weighted by Crippen LogP contribution is -2.30. The maximum absolute atomic E-state index is 12.7. The van der Waals surface area contributed by atoms with E-state index in [1.807, 2.05) is 0 Å². The van der Waals surface area contributed by atoms with Crippen LogP contribution < -0.4 is 0 Å². The van der Waals surface area contributed by atoms with Crippen molar-refractivity contribution in [1.29, 1.82) is 0 Å². The Morgan fingerprint density at radius 3 is 1.12 bits per heavy atom. The van der Waals surface area contributed by atoms with Gasteiger partial charge >= 0.3 is 17.9 Å². The van der Waals surface area contributed by atoms with Gasteiger partial charge in [-0.2, -0.15) is 0 Å². The number of ether oxygens (including phenoxy) is 3. The molecule has 1 unspecified atom stereocenters. The second-order valence-corrected chi connectivity index (χ2v) is 16.1. The minimum atomic E-state index is -0.761. The van der Waals surface area contributed by atoms with Gasteiger partial charge in [-0.1, -0.05) is 202 Å². The van der Waals surface area contributed by atoms with E-state index in [0.29, 0.717) is 19.3 Å². The van der Waals surface area contributed by atoms with Crippen LogP contribution in [-0.2, 0) is 28.6 Å². The standard InChI is InChI=1S/C45H86O6/c1-6-8-9-10-11-12-13-14-15-16-17-18-25-30-35-43(46)49-38-42(39-50-44(47)36-31-26-21-19-23-28-33-40(3)4)51-45(48)37-32-27-22-20-24-29-34-41(5)7-2/h40-42H,6-39H2,1-5H3/t41?,42-/m0/s1. The topological polar surface area (TPSA) is 78.9 Å². The van der Waals surface area contributed by atoms with Crippen LogP contribution in [0.5, 0.6) is 0 Å². The third-order valence-electron chi connectivity index (χ3n) is 10.3. The SMILES string of the molecule is CCCCCCCCCCCCCCCCC(=O)OC[C@@H](COC(=O)CCCCCCCCC(C)C)OC(=O)CCCCCCCCC(C)CC. The van der Waals surface area contributed by atoms with Crippen LogP contribution in [0, 0.1) is 11.8 Å². The monoisotopic (exact) mass is 723 g/mol. The van der Waals surface area contributed by atoms with Crippen LogP contribution in [0.25, 0.3) is 0 Å². The molecule has 0 fully saturated rings. The maximum Gasteiger partial charge on any atom is 0.306 e. The molecule has 6 nitrogen and oxygen atoms in total. The van der Waals surface area contributed by atoms with Crippen molar-refractivity contribution < 1.29 is 28.6 Å². The summed E-state index contributed by atoms with van der Waals surface area (Å²) in [6.45, 7) is 11.2. The maximum atomic E-state index is 12.7. The largest absolute Gasteiger partial charge is 0.462 e. The predicted molar refractivity (Wildman–Crippen MR) is 215 cm³/mol. The Kier molecular flexibility index (Phi) is 37.0. The van der Waals surface area contributed by atoms with Crippen molar-refractivity contribution >= 4 is 17.9 Å². The zero-order valence-electron chi connectivity index (χ0n) is 34.7. The minimum Gasteiger partial charge on any atom is -0.462 e.